The van der Waals surface area contributed by atoms with Crippen molar-refractivity contribution in [2.24, 2.45) is 0 Å². The number of hydrogen-bond donors (Lipinski definition) is 0. The van der Waals surface area contributed by atoms with Crippen LogP contribution in [0.2, 0.25) is 0 Å². The molecule has 0 N–H and O–H groups in total. The Balaban J connectivity index is 2.40. The summed E-state index contributed by atoms with van der Waals surface area (Å²) in [6.45, 7) is 3.87. The minimum absolute atomic E-state index is 0.201. The van der Waals surface area contributed by atoms with Crippen molar-refractivity contribution in [3.8, 4) is 0 Å². The normalized spacial score (nSPS) is 29.5. The molecule has 0 aromatic heterocycles. The topological polar surface area (TPSA) is 35.5 Å². The van der Waals surface area contributed by atoms with Gasteiger partial charge in [0.2, 0.25) is 0 Å². The number of carbonyl (C=O) groups excluding carboxylic acids is 1. The van der Waals surface area contributed by atoms with Crippen molar-refractivity contribution in [2.45, 2.75) is 32.5 Å². The van der Waals surface area contributed by atoms with Crippen molar-refractivity contribution < 1.29 is 14.3 Å². The van der Waals surface area contributed by atoms with Crippen molar-refractivity contribution in [2.75, 3.05) is 6.61 Å². The van der Waals surface area contributed by atoms with Crippen LogP contribution in [-0.2, 0) is 14.3 Å². The molecule has 1 rings (SSSR count). The van der Waals surface area contributed by atoms with Crippen LogP contribution in [0, 0.1) is 0 Å². The molecule has 0 aromatic carbocycles. The van der Waals surface area contributed by atoms with Gasteiger partial charge in [-0.2, -0.15) is 0 Å². The average Bonchev–Trinajstić information content (AvgIpc) is 2.15. The van der Waals surface area contributed by atoms with E-state index < -0.39 is 0 Å². The summed E-state index contributed by atoms with van der Waals surface area (Å²) in [6.07, 6.45) is 4.78. The predicted octanol–water partition coefficient (Wildman–Crippen LogP) is 1.28. The lowest BCUT2D eigenvalue weighted by Gasteiger charge is -2.13. The number of rotatable bonds is 1. The van der Waals surface area contributed by atoms with Crippen molar-refractivity contribution in [1.29, 1.82) is 0 Å². The molecule has 3 nitrogen and oxygen atoms in total. The Labute approximate surface area is 72.4 Å². The molecule has 0 spiro atoms. The monoisotopic (exact) mass is 170 g/mol. The Morgan fingerprint density at radius 1 is 1.67 bits per heavy atom. The molecule has 2 atom stereocenters. The van der Waals surface area contributed by atoms with Gasteiger partial charge in [-0.1, -0.05) is 6.08 Å². The highest BCUT2D eigenvalue weighted by molar-refractivity contribution is 5.66. The second-order valence-corrected chi connectivity index (χ2v) is 2.96. The van der Waals surface area contributed by atoms with Crippen molar-refractivity contribution >= 4 is 5.97 Å². The lowest BCUT2D eigenvalue weighted by molar-refractivity contribution is -0.147. The summed E-state index contributed by atoms with van der Waals surface area (Å²) in [5.41, 5.74) is 0. The summed E-state index contributed by atoms with van der Waals surface area (Å²) >= 11 is 0. The molecule has 0 radical (unpaired) electrons. The number of ether oxygens (including phenoxy) is 2. The van der Waals surface area contributed by atoms with Crippen LogP contribution in [0.25, 0.3) is 0 Å². The van der Waals surface area contributed by atoms with E-state index in [0.717, 1.165) is 6.42 Å². The van der Waals surface area contributed by atoms with E-state index in [0.29, 0.717) is 6.61 Å². The molecule has 0 aromatic rings. The Morgan fingerprint density at radius 2 is 2.42 bits per heavy atom. The molecule has 0 fully saturated rings. The smallest absolute Gasteiger partial charge is 0.303 e. The lowest BCUT2D eigenvalue weighted by Crippen LogP contribution is -2.20. The molecular weight excluding hydrogens is 156 g/mol. The number of esters is 1. The predicted molar refractivity (Wildman–Crippen MR) is 44.7 cm³/mol. The van der Waals surface area contributed by atoms with E-state index in [1.54, 1.807) is 0 Å². The van der Waals surface area contributed by atoms with Gasteiger partial charge < -0.3 is 9.47 Å². The van der Waals surface area contributed by atoms with E-state index >= 15 is 0 Å². The summed E-state index contributed by atoms with van der Waals surface area (Å²) in [6, 6.07) is 0. The SMILES string of the molecule is CC(=O)OC1C=CCC(C)OC1. The first-order valence-corrected chi connectivity index (χ1v) is 4.14. The molecule has 1 heterocycles. The molecule has 0 bridgehead atoms. The maximum absolute atomic E-state index is 10.6. The molecule has 0 amide bonds. The highest BCUT2D eigenvalue weighted by atomic mass is 16.6. The summed E-state index contributed by atoms with van der Waals surface area (Å²) in [7, 11) is 0. The highest BCUT2D eigenvalue weighted by Crippen LogP contribution is 2.08. The van der Waals surface area contributed by atoms with Crippen LogP contribution in [0.4, 0.5) is 0 Å². The van der Waals surface area contributed by atoms with Gasteiger partial charge in [0.25, 0.3) is 0 Å². The van der Waals surface area contributed by atoms with E-state index in [1.807, 2.05) is 19.1 Å². The highest BCUT2D eigenvalue weighted by Gasteiger charge is 2.13. The van der Waals surface area contributed by atoms with Gasteiger partial charge in [-0.3, -0.25) is 4.79 Å². The maximum Gasteiger partial charge on any atom is 0.303 e. The van der Waals surface area contributed by atoms with Crippen LogP contribution in [0.3, 0.4) is 0 Å². The molecule has 3 heteroatoms. The Bertz CT molecular complexity index is 186. The molecule has 12 heavy (non-hydrogen) atoms. The summed E-state index contributed by atoms with van der Waals surface area (Å²) < 4.78 is 10.3. The first kappa shape index (κ1) is 9.26. The number of carbonyl (C=O) groups is 1. The lowest BCUT2D eigenvalue weighted by atomic mass is 10.2. The third-order valence-electron chi connectivity index (χ3n) is 1.68. The van der Waals surface area contributed by atoms with E-state index in [9.17, 15) is 4.79 Å². The van der Waals surface area contributed by atoms with Crippen molar-refractivity contribution in [3.63, 3.8) is 0 Å². The third-order valence-corrected chi connectivity index (χ3v) is 1.68. The molecule has 0 aliphatic carbocycles. The Hall–Kier alpha value is -0.830. The zero-order valence-corrected chi connectivity index (χ0v) is 7.45. The van der Waals surface area contributed by atoms with Crippen LogP contribution in [0.5, 0.6) is 0 Å². The first-order valence-electron chi connectivity index (χ1n) is 4.14. The van der Waals surface area contributed by atoms with E-state index in [2.05, 4.69) is 0 Å². The van der Waals surface area contributed by atoms with Gasteiger partial charge in [-0.25, -0.2) is 0 Å². The third kappa shape index (κ3) is 3.05. The minimum Gasteiger partial charge on any atom is -0.456 e. The van der Waals surface area contributed by atoms with Gasteiger partial charge in [0.05, 0.1) is 12.7 Å². The van der Waals surface area contributed by atoms with Crippen molar-refractivity contribution in [1.82, 2.24) is 0 Å². The molecule has 1 aliphatic rings. The second-order valence-electron chi connectivity index (χ2n) is 2.96. The molecule has 68 valence electrons. The molecule has 0 saturated carbocycles. The fourth-order valence-electron chi connectivity index (χ4n) is 1.09. The van der Waals surface area contributed by atoms with Gasteiger partial charge in [0.15, 0.2) is 0 Å². The van der Waals surface area contributed by atoms with E-state index in [4.69, 9.17) is 9.47 Å². The summed E-state index contributed by atoms with van der Waals surface area (Å²) in [5, 5.41) is 0. The van der Waals surface area contributed by atoms with Gasteiger partial charge in [0, 0.05) is 6.92 Å². The van der Waals surface area contributed by atoms with Gasteiger partial charge in [0.1, 0.15) is 6.10 Å². The summed E-state index contributed by atoms with van der Waals surface area (Å²) in [5.74, 6) is -0.261. The number of hydrogen-bond acceptors (Lipinski definition) is 3. The van der Waals surface area contributed by atoms with Crippen molar-refractivity contribution in [3.05, 3.63) is 12.2 Å². The Kier molecular flexibility index (Phi) is 3.29. The average molecular weight is 170 g/mol. The van der Waals surface area contributed by atoms with Crippen LogP contribution in [0.15, 0.2) is 12.2 Å². The largest absolute Gasteiger partial charge is 0.456 e. The molecular formula is C9H14O3. The fraction of sp³-hybridized carbons (Fsp3) is 0.667. The van der Waals surface area contributed by atoms with Gasteiger partial charge in [-0.15, -0.1) is 0 Å². The van der Waals surface area contributed by atoms with Gasteiger partial charge >= 0.3 is 5.97 Å². The molecule has 1 aliphatic heterocycles. The minimum atomic E-state index is -0.261. The molecule has 2 unspecified atom stereocenters. The first-order chi connectivity index (χ1) is 5.68. The second kappa shape index (κ2) is 4.26. The standard InChI is InChI=1S/C9H14O3/c1-7-4-3-5-9(6-11-7)12-8(2)10/h3,5,7,9H,4,6H2,1-2H3. The van der Waals surface area contributed by atoms with Crippen LogP contribution >= 0.6 is 0 Å². The van der Waals surface area contributed by atoms with Crippen LogP contribution < -0.4 is 0 Å². The zero-order chi connectivity index (χ0) is 8.97. The fourth-order valence-corrected chi connectivity index (χ4v) is 1.09. The summed E-state index contributed by atoms with van der Waals surface area (Å²) in [4.78, 5) is 10.6. The van der Waals surface area contributed by atoms with E-state index in [1.165, 1.54) is 6.92 Å². The zero-order valence-electron chi connectivity index (χ0n) is 7.45. The molecule has 0 saturated heterocycles. The maximum atomic E-state index is 10.6. The Morgan fingerprint density at radius 3 is 3.08 bits per heavy atom. The quantitative estimate of drug-likeness (QED) is 0.439. The van der Waals surface area contributed by atoms with E-state index in [-0.39, 0.29) is 18.2 Å². The van der Waals surface area contributed by atoms with Gasteiger partial charge in [-0.05, 0) is 19.4 Å². The van der Waals surface area contributed by atoms with Crippen LogP contribution in [-0.4, -0.2) is 24.8 Å². The van der Waals surface area contributed by atoms with Crippen LogP contribution in [0.1, 0.15) is 20.3 Å².